The first-order valence-electron chi connectivity index (χ1n) is 5.73. The zero-order valence-corrected chi connectivity index (χ0v) is 11.5. The molecule has 1 aliphatic rings. The first-order chi connectivity index (χ1) is 8.11. The summed E-state index contributed by atoms with van der Waals surface area (Å²) in [6.07, 6.45) is -0.369. The molecule has 5 heteroatoms. The number of hydrogen-bond acceptors (Lipinski definition) is 3. The van der Waals surface area contributed by atoms with Gasteiger partial charge in [-0.1, -0.05) is 19.9 Å². The van der Waals surface area contributed by atoms with E-state index >= 15 is 0 Å². The van der Waals surface area contributed by atoms with Gasteiger partial charge in [0.15, 0.2) is 0 Å². The van der Waals surface area contributed by atoms with E-state index in [1.54, 1.807) is 7.11 Å². The van der Waals surface area contributed by atoms with Crippen molar-refractivity contribution in [2.24, 2.45) is 0 Å². The van der Waals surface area contributed by atoms with E-state index in [1.165, 1.54) is 5.56 Å². The Morgan fingerprint density at radius 3 is 2.67 bits per heavy atom. The Morgan fingerprint density at radius 1 is 1.44 bits per heavy atom. The molecule has 1 heterocycles. The van der Waals surface area contributed by atoms with Crippen LogP contribution in [0.3, 0.4) is 0 Å². The van der Waals surface area contributed by atoms with Gasteiger partial charge in [-0.2, -0.15) is 0 Å². The van der Waals surface area contributed by atoms with Crippen molar-refractivity contribution in [2.45, 2.75) is 25.8 Å². The number of rotatable bonds is 3. The standard InChI is InChI=1S/C13H17NO3.ClH/c1-8(2)9-4-5-12(16-3)10(6-9)11-7-17-13(15)14-11;/h4-6,8,11H,7H2,1-3H3,(H,14,15);1H/t11-;/m0./s1. The van der Waals surface area contributed by atoms with Crippen LogP contribution in [0.25, 0.3) is 0 Å². The fourth-order valence-electron chi connectivity index (χ4n) is 1.94. The van der Waals surface area contributed by atoms with Crippen LogP contribution >= 0.6 is 12.4 Å². The van der Waals surface area contributed by atoms with E-state index in [0.29, 0.717) is 12.5 Å². The molecule has 0 unspecified atom stereocenters. The predicted molar refractivity (Wildman–Crippen MR) is 71.6 cm³/mol. The number of ether oxygens (including phenoxy) is 2. The fraction of sp³-hybridized carbons (Fsp3) is 0.462. The zero-order valence-electron chi connectivity index (χ0n) is 10.7. The number of benzene rings is 1. The van der Waals surface area contributed by atoms with Gasteiger partial charge in [0.25, 0.3) is 0 Å². The van der Waals surface area contributed by atoms with Gasteiger partial charge in [0, 0.05) is 5.56 Å². The van der Waals surface area contributed by atoms with E-state index in [0.717, 1.165) is 11.3 Å². The number of hydrogen-bond donors (Lipinski definition) is 1. The molecule has 0 aromatic heterocycles. The molecule has 1 fully saturated rings. The lowest BCUT2D eigenvalue weighted by Gasteiger charge is -2.16. The summed E-state index contributed by atoms with van der Waals surface area (Å²) < 4.78 is 10.2. The van der Waals surface area contributed by atoms with Crippen molar-refractivity contribution in [1.29, 1.82) is 0 Å². The Balaban J connectivity index is 0.00000162. The normalized spacial score (nSPS) is 18.0. The summed E-state index contributed by atoms with van der Waals surface area (Å²) >= 11 is 0. The highest BCUT2D eigenvalue weighted by atomic mass is 35.5. The van der Waals surface area contributed by atoms with E-state index in [9.17, 15) is 4.79 Å². The molecule has 0 aliphatic carbocycles. The largest absolute Gasteiger partial charge is 0.496 e. The average molecular weight is 272 g/mol. The molecular formula is C13H18ClNO3. The van der Waals surface area contributed by atoms with Crippen molar-refractivity contribution in [1.82, 2.24) is 5.32 Å². The quantitative estimate of drug-likeness (QED) is 0.919. The van der Waals surface area contributed by atoms with E-state index in [1.807, 2.05) is 12.1 Å². The second kappa shape index (κ2) is 5.96. The van der Waals surface area contributed by atoms with Crippen LogP contribution in [0.1, 0.15) is 36.9 Å². The summed E-state index contributed by atoms with van der Waals surface area (Å²) in [6.45, 7) is 4.63. The minimum Gasteiger partial charge on any atom is -0.496 e. The van der Waals surface area contributed by atoms with Crippen molar-refractivity contribution in [3.63, 3.8) is 0 Å². The van der Waals surface area contributed by atoms with E-state index < -0.39 is 0 Å². The van der Waals surface area contributed by atoms with Gasteiger partial charge in [-0.05, 0) is 23.6 Å². The van der Waals surface area contributed by atoms with Crippen LogP contribution < -0.4 is 10.1 Å². The number of carbonyl (C=O) groups excluding carboxylic acids is 1. The summed E-state index contributed by atoms with van der Waals surface area (Å²) in [7, 11) is 1.63. The lowest BCUT2D eigenvalue weighted by Crippen LogP contribution is -2.19. The van der Waals surface area contributed by atoms with Crippen molar-refractivity contribution >= 4 is 18.5 Å². The molecule has 0 saturated carbocycles. The number of nitrogens with one attached hydrogen (secondary N) is 1. The van der Waals surface area contributed by atoms with Crippen molar-refractivity contribution < 1.29 is 14.3 Å². The smallest absolute Gasteiger partial charge is 0.407 e. The van der Waals surface area contributed by atoms with Gasteiger partial charge in [0.05, 0.1) is 13.2 Å². The Kier molecular flexibility index (Phi) is 4.84. The Bertz CT molecular complexity index is 434. The molecule has 1 aromatic carbocycles. The molecular weight excluding hydrogens is 254 g/mol. The van der Waals surface area contributed by atoms with E-state index in [4.69, 9.17) is 9.47 Å². The van der Waals surface area contributed by atoms with Crippen LogP contribution in [-0.4, -0.2) is 19.8 Å². The summed E-state index contributed by atoms with van der Waals surface area (Å²) in [5.74, 6) is 1.22. The summed E-state index contributed by atoms with van der Waals surface area (Å²) in [5, 5.41) is 2.77. The highest BCUT2D eigenvalue weighted by molar-refractivity contribution is 5.85. The van der Waals surface area contributed by atoms with E-state index in [2.05, 4.69) is 25.2 Å². The molecule has 1 aromatic rings. The SMILES string of the molecule is COc1ccc(C(C)C)cc1[C@@H]1COC(=O)N1.Cl. The molecule has 100 valence electrons. The topological polar surface area (TPSA) is 47.6 Å². The lowest BCUT2D eigenvalue weighted by atomic mass is 9.97. The minimum absolute atomic E-state index is 0. The minimum atomic E-state index is -0.369. The van der Waals surface area contributed by atoms with Crippen LogP contribution in [0.2, 0.25) is 0 Å². The second-order valence-electron chi connectivity index (χ2n) is 4.45. The summed E-state index contributed by atoms with van der Waals surface area (Å²) in [4.78, 5) is 11.1. The highest BCUT2D eigenvalue weighted by Gasteiger charge is 2.26. The lowest BCUT2D eigenvalue weighted by molar-refractivity contribution is 0.177. The molecule has 18 heavy (non-hydrogen) atoms. The maximum Gasteiger partial charge on any atom is 0.407 e. The van der Waals surface area contributed by atoms with Crippen LogP contribution in [0.4, 0.5) is 4.79 Å². The molecule has 1 N–H and O–H groups in total. The van der Waals surface area contributed by atoms with Gasteiger partial charge in [-0.15, -0.1) is 12.4 Å². The number of cyclic esters (lactones) is 1. The van der Waals surface area contributed by atoms with Crippen molar-refractivity contribution in [3.05, 3.63) is 29.3 Å². The molecule has 0 spiro atoms. The maximum absolute atomic E-state index is 11.1. The van der Waals surface area contributed by atoms with Crippen LogP contribution in [0.15, 0.2) is 18.2 Å². The highest BCUT2D eigenvalue weighted by Crippen LogP contribution is 2.30. The Morgan fingerprint density at radius 2 is 2.17 bits per heavy atom. The van der Waals surface area contributed by atoms with E-state index in [-0.39, 0.29) is 24.5 Å². The van der Waals surface area contributed by atoms with Crippen LogP contribution in [-0.2, 0) is 4.74 Å². The van der Waals surface area contributed by atoms with Crippen LogP contribution in [0.5, 0.6) is 5.75 Å². The first kappa shape index (κ1) is 14.6. The number of halogens is 1. The molecule has 1 saturated heterocycles. The molecule has 1 atom stereocenters. The molecule has 1 amide bonds. The third-order valence-corrected chi connectivity index (χ3v) is 2.97. The number of methoxy groups -OCH3 is 1. The zero-order chi connectivity index (χ0) is 12.4. The average Bonchev–Trinajstić information content (AvgIpc) is 2.74. The van der Waals surface area contributed by atoms with Crippen molar-refractivity contribution in [2.75, 3.05) is 13.7 Å². The maximum atomic E-state index is 11.1. The summed E-state index contributed by atoms with van der Waals surface area (Å²) in [6, 6.07) is 5.94. The number of alkyl carbamates (subject to hydrolysis) is 1. The Labute approximate surface area is 113 Å². The molecule has 0 bridgehead atoms. The molecule has 0 radical (unpaired) electrons. The van der Waals surface area contributed by atoms with Gasteiger partial charge in [0.1, 0.15) is 12.4 Å². The van der Waals surface area contributed by atoms with Crippen molar-refractivity contribution in [3.8, 4) is 5.75 Å². The molecule has 4 nitrogen and oxygen atoms in total. The fourth-order valence-corrected chi connectivity index (χ4v) is 1.94. The summed E-state index contributed by atoms with van der Waals surface area (Å²) in [5.41, 5.74) is 2.20. The third kappa shape index (κ3) is 2.88. The monoisotopic (exact) mass is 271 g/mol. The van der Waals surface area contributed by atoms with Gasteiger partial charge >= 0.3 is 6.09 Å². The molecule has 1 aliphatic heterocycles. The predicted octanol–water partition coefficient (Wildman–Crippen LogP) is 3.02. The second-order valence-corrected chi connectivity index (χ2v) is 4.45. The van der Waals surface area contributed by atoms with Gasteiger partial charge < -0.3 is 14.8 Å². The van der Waals surface area contributed by atoms with Gasteiger partial charge in [0.2, 0.25) is 0 Å². The Hall–Kier alpha value is -1.42. The molecule has 2 rings (SSSR count). The number of amides is 1. The third-order valence-electron chi connectivity index (χ3n) is 2.97. The first-order valence-corrected chi connectivity index (χ1v) is 5.73. The van der Waals surface area contributed by atoms with Gasteiger partial charge in [-0.25, -0.2) is 4.79 Å². The number of carbonyl (C=O) groups is 1. The van der Waals surface area contributed by atoms with Crippen LogP contribution in [0, 0.1) is 0 Å². The van der Waals surface area contributed by atoms with Gasteiger partial charge in [-0.3, -0.25) is 0 Å².